The topological polar surface area (TPSA) is 70.7 Å². The molecule has 0 aromatic heterocycles. The molecule has 42 heavy (non-hydrogen) atoms. The number of aryl methyl sites for hydroxylation is 6. The van der Waals surface area contributed by atoms with Gasteiger partial charge >= 0.3 is 254 Å². The molecule has 0 aliphatic carbocycles. The number of hydrogen-bond donors (Lipinski definition) is 2. The van der Waals surface area contributed by atoms with Crippen molar-refractivity contribution < 1.29 is 29.4 Å². The Labute approximate surface area is 265 Å². The van der Waals surface area contributed by atoms with Gasteiger partial charge in [0.1, 0.15) is 0 Å². The van der Waals surface area contributed by atoms with E-state index in [-0.39, 0.29) is 23.4 Å². The second-order valence-electron chi connectivity index (χ2n) is 11.4. The summed E-state index contributed by atoms with van der Waals surface area (Å²) in [7, 11) is -0.571. The van der Waals surface area contributed by atoms with Crippen LogP contribution < -0.4 is 15.4 Å². The molecule has 1 aliphatic heterocycles. The van der Waals surface area contributed by atoms with Crippen molar-refractivity contribution in [3.63, 3.8) is 0 Å². The molecule has 0 radical (unpaired) electrons. The van der Waals surface area contributed by atoms with Gasteiger partial charge in [0, 0.05) is 0 Å². The van der Waals surface area contributed by atoms with Gasteiger partial charge in [-0.1, -0.05) is 0 Å². The number of hydrogen-bond acceptors (Lipinski definition) is 5. The third-order valence-electron chi connectivity index (χ3n) is 7.11. The predicted octanol–water partition coefficient (Wildman–Crippen LogP) is 5.59. The molecule has 2 N–H and O–H groups in total. The van der Waals surface area contributed by atoms with Gasteiger partial charge in [-0.3, -0.25) is 0 Å². The summed E-state index contributed by atoms with van der Waals surface area (Å²) < 4.78 is 37.8. The van der Waals surface area contributed by atoms with Crippen LogP contribution in [0.15, 0.2) is 41.3 Å². The van der Waals surface area contributed by atoms with Crippen LogP contribution in [0.4, 0.5) is 0 Å². The minimum atomic E-state index is -3.74. The zero-order valence-corrected chi connectivity index (χ0v) is 29.7. The maximum absolute atomic E-state index is 13.8. The molecule has 0 amide bonds. The van der Waals surface area contributed by atoms with E-state index in [1.165, 1.54) is 26.6 Å². The van der Waals surface area contributed by atoms with Gasteiger partial charge in [-0.05, 0) is 0 Å². The Balaban J connectivity index is 0.00000484. The summed E-state index contributed by atoms with van der Waals surface area (Å²) in [6, 6.07) is 12.4. The van der Waals surface area contributed by atoms with E-state index in [9.17, 15) is 8.42 Å². The van der Waals surface area contributed by atoms with E-state index in [2.05, 4.69) is 76.4 Å². The van der Waals surface area contributed by atoms with Crippen LogP contribution in [0.2, 0.25) is 0 Å². The first kappa shape index (κ1) is 34.4. The van der Waals surface area contributed by atoms with Gasteiger partial charge in [-0.25, -0.2) is 0 Å². The van der Waals surface area contributed by atoms with Crippen LogP contribution in [0.5, 0.6) is 5.75 Å². The van der Waals surface area contributed by atoms with Gasteiger partial charge in [-0.15, -0.1) is 12.4 Å². The molecular formula is C33H44ClN3O3RuS. The molecule has 1 saturated heterocycles. The van der Waals surface area contributed by atoms with Gasteiger partial charge < -0.3 is 0 Å². The SMILES string of the molecule is Cc1cc(C)c([C](=[Ru]=[C]2NCCN2)c2cc(S(=O)(=O)N(C)C)cc(-c3c(C)cc(C)cc3C)c2OC(C)C)c(C)c1.Cl. The number of halogens is 1. The zero-order valence-electron chi connectivity index (χ0n) is 26.3. The van der Waals surface area contributed by atoms with Gasteiger partial charge in [-0.2, -0.15) is 0 Å². The molecular weight excluding hydrogens is 655 g/mol. The third kappa shape index (κ3) is 7.18. The second kappa shape index (κ2) is 13.7. The van der Waals surface area contributed by atoms with E-state index in [0.29, 0.717) is 0 Å². The molecule has 9 heteroatoms. The quantitative estimate of drug-likeness (QED) is 0.315. The van der Waals surface area contributed by atoms with E-state index in [0.717, 1.165) is 60.7 Å². The Kier molecular flexibility index (Phi) is 11.2. The molecule has 6 nitrogen and oxygen atoms in total. The van der Waals surface area contributed by atoms with Crippen molar-refractivity contribution in [2.45, 2.75) is 66.4 Å². The Bertz CT molecular complexity index is 1640. The fraction of sp³-hybridized carbons (Fsp3) is 0.394. The average molecular weight is 699 g/mol. The zero-order chi connectivity index (χ0) is 30.2. The van der Waals surface area contributed by atoms with E-state index >= 15 is 0 Å². The van der Waals surface area contributed by atoms with E-state index in [1.54, 1.807) is 14.1 Å². The standard InChI is InChI=1S/C30H37NO3S.C3H6N2.ClH.Ru/c1-18(2)34-30-25(16-27-21(5)11-19(3)12-22(27)6)15-26(35(32,33)31(9)10)17-28(30)29-23(7)13-20(4)14-24(29)8;1-2-5-3-4-1;;/h11-15,17-18H,1-10H3;4-5H,1-2H2;1H;. The number of benzene rings is 3. The third-order valence-corrected chi connectivity index (χ3v) is 11.3. The molecule has 0 spiro atoms. The van der Waals surface area contributed by atoms with Crippen LogP contribution in [-0.4, -0.2) is 54.5 Å². The maximum Gasteiger partial charge on any atom is -0.147 e. The minimum Gasteiger partial charge on any atom is -0.147 e. The van der Waals surface area contributed by atoms with Crippen LogP contribution in [-0.2, 0) is 26.2 Å². The number of rotatable bonds is 7. The molecule has 3 aromatic rings. The fourth-order valence-corrected chi connectivity index (χ4v) is 9.16. The Morgan fingerprint density at radius 2 is 1.33 bits per heavy atom. The van der Waals surface area contributed by atoms with Crippen LogP contribution in [0.1, 0.15) is 58.4 Å². The first-order valence-corrected chi connectivity index (χ1v) is 17.2. The fourth-order valence-electron chi connectivity index (χ4n) is 5.57. The van der Waals surface area contributed by atoms with E-state index in [4.69, 9.17) is 4.74 Å². The minimum absolute atomic E-state index is 0. The second-order valence-corrected chi connectivity index (χ2v) is 15.7. The first-order valence-electron chi connectivity index (χ1n) is 14.0. The maximum atomic E-state index is 13.8. The largest absolute Gasteiger partial charge is 0.147 e. The number of nitrogens with one attached hydrogen (secondary N) is 2. The Morgan fingerprint density at radius 3 is 1.81 bits per heavy atom. The van der Waals surface area contributed by atoms with Crippen molar-refractivity contribution in [2.75, 3.05) is 27.2 Å². The molecule has 0 unspecified atom stereocenters. The van der Waals surface area contributed by atoms with E-state index in [1.807, 2.05) is 26.0 Å². The molecule has 0 bridgehead atoms. The molecule has 1 fully saturated rings. The summed E-state index contributed by atoms with van der Waals surface area (Å²) >= 11 is -0.493. The van der Waals surface area contributed by atoms with Gasteiger partial charge in [0.15, 0.2) is 0 Å². The van der Waals surface area contributed by atoms with Crippen molar-refractivity contribution in [1.29, 1.82) is 0 Å². The molecule has 0 saturated carbocycles. The molecule has 1 aliphatic rings. The van der Waals surface area contributed by atoms with Crippen LogP contribution in [0, 0.1) is 41.5 Å². The Hall–Kier alpha value is -2.06. The van der Waals surface area contributed by atoms with Crippen LogP contribution in [0.25, 0.3) is 11.1 Å². The molecule has 0 atom stereocenters. The molecule has 1 heterocycles. The van der Waals surface area contributed by atoms with Gasteiger partial charge in [0.25, 0.3) is 0 Å². The van der Waals surface area contributed by atoms with Crippen molar-refractivity contribution in [3.8, 4) is 16.9 Å². The van der Waals surface area contributed by atoms with Crippen LogP contribution in [0.3, 0.4) is 0 Å². The molecule has 230 valence electrons. The predicted molar refractivity (Wildman–Crippen MR) is 175 cm³/mol. The summed E-state index contributed by atoms with van der Waals surface area (Å²) in [5, 5.41) is 7.06. The number of nitrogens with zero attached hydrogens (tertiary/aromatic N) is 1. The summed E-state index contributed by atoms with van der Waals surface area (Å²) in [6.45, 7) is 18.5. The van der Waals surface area contributed by atoms with Crippen molar-refractivity contribution in [2.24, 2.45) is 0 Å². The van der Waals surface area contributed by atoms with Crippen molar-refractivity contribution in [3.05, 3.63) is 80.9 Å². The number of ether oxygens (including phenoxy) is 1. The van der Waals surface area contributed by atoms with Gasteiger partial charge in [0.05, 0.1) is 0 Å². The summed E-state index contributed by atoms with van der Waals surface area (Å²) in [4.78, 5) is 0.265. The normalized spacial score (nSPS) is 13.6. The van der Waals surface area contributed by atoms with Gasteiger partial charge in [0.2, 0.25) is 0 Å². The van der Waals surface area contributed by atoms with Crippen LogP contribution >= 0.6 is 12.4 Å². The van der Waals surface area contributed by atoms with E-state index < -0.39 is 26.2 Å². The summed E-state index contributed by atoms with van der Waals surface area (Å²) in [5.74, 6) is 0.732. The molecule has 3 aromatic carbocycles. The van der Waals surface area contributed by atoms with Crippen molar-refractivity contribution in [1.82, 2.24) is 14.9 Å². The summed E-state index contributed by atoms with van der Waals surface area (Å²) in [6.07, 6.45) is -0.109. The first-order chi connectivity index (χ1) is 19.2. The van der Waals surface area contributed by atoms with Crippen molar-refractivity contribution >= 4 is 30.9 Å². The monoisotopic (exact) mass is 699 g/mol. The average Bonchev–Trinajstić information content (AvgIpc) is 3.35. The Morgan fingerprint density at radius 1 is 0.833 bits per heavy atom. The number of sulfonamides is 1. The molecule has 4 rings (SSSR count). The summed E-state index contributed by atoms with van der Waals surface area (Å²) in [5.41, 5.74) is 10.7. The smallest absolute Gasteiger partial charge is 0.147 e.